The number of alkyl halides is 3. The molecule has 0 radical (unpaired) electrons. The zero-order valence-corrected chi connectivity index (χ0v) is 11.1. The Morgan fingerprint density at radius 2 is 2.10 bits per heavy atom. The molecule has 10 heteroatoms. The number of aryl methyl sites for hydroxylation is 1. The number of hydrogen-bond acceptors (Lipinski definition) is 5. The van der Waals surface area contributed by atoms with E-state index in [4.69, 9.17) is 11.6 Å². The van der Waals surface area contributed by atoms with Gasteiger partial charge in [0.15, 0.2) is 5.69 Å². The van der Waals surface area contributed by atoms with Crippen LogP contribution in [0, 0.1) is 0 Å². The van der Waals surface area contributed by atoms with Crippen molar-refractivity contribution in [2.45, 2.75) is 12.6 Å². The molecule has 20 heavy (non-hydrogen) atoms. The molecule has 2 rings (SSSR count). The van der Waals surface area contributed by atoms with Crippen molar-refractivity contribution in [3.8, 4) is 0 Å². The van der Waals surface area contributed by atoms with Crippen LogP contribution in [-0.2, 0) is 19.6 Å². The largest absolute Gasteiger partial charge is 0.433 e. The second-order valence-electron chi connectivity index (χ2n) is 3.94. The van der Waals surface area contributed by atoms with Gasteiger partial charge in [0.2, 0.25) is 5.28 Å². The Bertz CT molecular complexity index is 597. The highest BCUT2D eigenvalue weighted by Crippen LogP contribution is 2.29. The summed E-state index contributed by atoms with van der Waals surface area (Å²) in [7, 11) is 1.78. The third kappa shape index (κ3) is 3.56. The first-order chi connectivity index (χ1) is 9.36. The van der Waals surface area contributed by atoms with E-state index in [-0.39, 0.29) is 5.82 Å². The summed E-state index contributed by atoms with van der Waals surface area (Å²) in [4.78, 5) is 6.83. The molecule has 2 aromatic rings. The number of halogens is 4. The van der Waals surface area contributed by atoms with E-state index in [1.54, 1.807) is 17.9 Å². The van der Waals surface area contributed by atoms with Crippen molar-refractivity contribution in [3.63, 3.8) is 0 Å². The predicted molar refractivity (Wildman–Crippen MR) is 65.2 cm³/mol. The van der Waals surface area contributed by atoms with Crippen LogP contribution in [0.2, 0.25) is 5.28 Å². The van der Waals surface area contributed by atoms with Crippen molar-refractivity contribution in [1.29, 1.82) is 0 Å². The molecule has 0 aromatic carbocycles. The summed E-state index contributed by atoms with van der Waals surface area (Å²) in [5.41, 5.74) is -1.08. The minimum Gasteiger partial charge on any atom is -0.369 e. The van der Waals surface area contributed by atoms with E-state index in [0.717, 1.165) is 6.07 Å². The second-order valence-corrected chi connectivity index (χ2v) is 4.28. The van der Waals surface area contributed by atoms with Crippen molar-refractivity contribution in [3.05, 3.63) is 29.2 Å². The fraction of sp³-hybridized carbons (Fsp3) is 0.400. The maximum atomic E-state index is 12.5. The van der Waals surface area contributed by atoms with Crippen molar-refractivity contribution in [2.75, 3.05) is 11.9 Å². The lowest BCUT2D eigenvalue weighted by atomic mass is 10.3. The first-order valence-electron chi connectivity index (χ1n) is 5.55. The van der Waals surface area contributed by atoms with Gasteiger partial charge in [-0.3, -0.25) is 0 Å². The van der Waals surface area contributed by atoms with E-state index >= 15 is 0 Å². The molecule has 0 saturated heterocycles. The van der Waals surface area contributed by atoms with E-state index in [9.17, 15) is 13.2 Å². The van der Waals surface area contributed by atoms with Crippen LogP contribution in [0.15, 0.2) is 12.4 Å². The molecule has 1 N–H and O–H groups in total. The van der Waals surface area contributed by atoms with Gasteiger partial charge >= 0.3 is 6.18 Å². The fourth-order valence-electron chi connectivity index (χ4n) is 1.49. The SMILES string of the molecule is Cn1cnnc1CCNc1cc(C(F)(F)F)nc(Cl)n1. The van der Waals surface area contributed by atoms with Gasteiger partial charge in [0.25, 0.3) is 0 Å². The molecule has 6 nitrogen and oxygen atoms in total. The van der Waals surface area contributed by atoms with Gasteiger partial charge in [-0.15, -0.1) is 10.2 Å². The molecule has 2 aromatic heterocycles. The van der Waals surface area contributed by atoms with Crippen molar-refractivity contribution in [2.24, 2.45) is 7.05 Å². The third-order valence-electron chi connectivity index (χ3n) is 2.45. The van der Waals surface area contributed by atoms with Crippen LogP contribution in [0.3, 0.4) is 0 Å². The highest BCUT2D eigenvalue weighted by Gasteiger charge is 2.33. The molecule has 0 bridgehead atoms. The fourth-order valence-corrected chi connectivity index (χ4v) is 1.67. The van der Waals surface area contributed by atoms with E-state index in [1.807, 2.05) is 0 Å². The van der Waals surface area contributed by atoms with Crippen LogP contribution >= 0.6 is 11.6 Å². The van der Waals surface area contributed by atoms with Gasteiger partial charge < -0.3 is 9.88 Å². The summed E-state index contributed by atoms with van der Waals surface area (Å²) in [5, 5.41) is 9.84. The quantitative estimate of drug-likeness (QED) is 0.874. The number of nitrogens with zero attached hydrogens (tertiary/aromatic N) is 5. The van der Waals surface area contributed by atoms with Gasteiger partial charge in [-0.05, 0) is 11.6 Å². The average Bonchev–Trinajstić information content (AvgIpc) is 2.73. The smallest absolute Gasteiger partial charge is 0.369 e. The molecule has 0 unspecified atom stereocenters. The Kier molecular flexibility index (Phi) is 4.07. The lowest BCUT2D eigenvalue weighted by molar-refractivity contribution is -0.141. The topological polar surface area (TPSA) is 68.5 Å². The molecule has 0 fully saturated rings. The van der Waals surface area contributed by atoms with Gasteiger partial charge in [-0.1, -0.05) is 0 Å². The van der Waals surface area contributed by atoms with Gasteiger partial charge in [0.1, 0.15) is 18.0 Å². The highest BCUT2D eigenvalue weighted by atomic mass is 35.5. The number of rotatable bonds is 4. The Hall–Kier alpha value is -1.90. The normalized spacial score (nSPS) is 11.7. The first kappa shape index (κ1) is 14.5. The van der Waals surface area contributed by atoms with Crippen LogP contribution in [0.25, 0.3) is 0 Å². The summed E-state index contributed by atoms with van der Waals surface area (Å²) in [6.45, 7) is 0.344. The number of hydrogen-bond donors (Lipinski definition) is 1. The van der Waals surface area contributed by atoms with Crippen molar-refractivity contribution >= 4 is 17.4 Å². The summed E-state index contributed by atoms with van der Waals surface area (Å²) < 4.78 is 39.4. The summed E-state index contributed by atoms with van der Waals surface area (Å²) in [5.74, 6) is 0.716. The van der Waals surface area contributed by atoms with E-state index in [1.165, 1.54) is 0 Å². The molecule has 0 aliphatic carbocycles. The molecule has 0 spiro atoms. The lowest BCUT2D eigenvalue weighted by Gasteiger charge is -2.09. The van der Waals surface area contributed by atoms with E-state index in [2.05, 4.69) is 25.5 Å². The third-order valence-corrected chi connectivity index (χ3v) is 2.62. The Morgan fingerprint density at radius 1 is 1.35 bits per heavy atom. The van der Waals surface area contributed by atoms with Crippen LogP contribution in [0.1, 0.15) is 11.5 Å². The number of nitrogens with one attached hydrogen (secondary N) is 1. The Balaban J connectivity index is 2.03. The van der Waals surface area contributed by atoms with Gasteiger partial charge in [-0.25, -0.2) is 9.97 Å². The van der Waals surface area contributed by atoms with E-state index < -0.39 is 17.2 Å². The zero-order chi connectivity index (χ0) is 14.8. The maximum absolute atomic E-state index is 12.5. The summed E-state index contributed by atoms with van der Waals surface area (Å²) >= 11 is 5.47. The first-order valence-corrected chi connectivity index (χ1v) is 5.92. The molecular weight excluding hydrogens is 297 g/mol. The lowest BCUT2D eigenvalue weighted by Crippen LogP contribution is -2.13. The Morgan fingerprint density at radius 3 is 2.70 bits per heavy atom. The van der Waals surface area contributed by atoms with Gasteiger partial charge in [0, 0.05) is 26.1 Å². The molecule has 0 amide bonds. The van der Waals surface area contributed by atoms with E-state index in [0.29, 0.717) is 18.8 Å². The van der Waals surface area contributed by atoms with Crippen LogP contribution in [-0.4, -0.2) is 31.3 Å². The minimum atomic E-state index is -4.56. The minimum absolute atomic E-state index is 0.0134. The monoisotopic (exact) mass is 306 g/mol. The van der Waals surface area contributed by atoms with Crippen LogP contribution < -0.4 is 5.32 Å². The van der Waals surface area contributed by atoms with Gasteiger partial charge in [-0.2, -0.15) is 13.2 Å². The maximum Gasteiger partial charge on any atom is 0.433 e. The zero-order valence-electron chi connectivity index (χ0n) is 10.3. The molecular formula is C10H10ClF3N6. The second kappa shape index (κ2) is 5.61. The van der Waals surface area contributed by atoms with Crippen LogP contribution in [0.5, 0.6) is 0 Å². The molecule has 0 atom stereocenters. The van der Waals surface area contributed by atoms with Gasteiger partial charge in [0.05, 0.1) is 0 Å². The highest BCUT2D eigenvalue weighted by molar-refractivity contribution is 6.28. The standard InChI is InChI=1S/C10H10ClF3N6/c1-20-5-16-19-8(20)2-3-15-7-4-6(10(12,13)14)17-9(11)18-7/h4-5H,2-3H2,1H3,(H,15,17,18). The molecule has 108 valence electrons. The Labute approximate surface area is 117 Å². The average molecular weight is 307 g/mol. The molecule has 2 heterocycles. The molecule has 0 saturated carbocycles. The summed E-state index contributed by atoms with van der Waals surface area (Å²) in [6.07, 6.45) is -2.54. The number of aromatic nitrogens is 5. The van der Waals surface area contributed by atoms with Crippen LogP contribution in [0.4, 0.5) is 19.0 Å². The number of anilines is 1. The van der Waals surface area contributed by atoms with Crippen molar-refractivity contribution in [1.82, 2.24) is 24.7 Å². The molecule has 0 aliphatic rings. The molecule has 0 aliphatic heterocycles. The predicted octanol–water partition coefficient (Wildman–Crippen LogP) is 1.93. The van der Waals surface area contributed by atoms with Crippen molar-refractivity contribution < 1.29 is 13.2 Å². The summed E-state index contributed by atoms with van der Waals surface area (Å²) in [6, 6.07) is 0.808.